The standard InChI is InChI=1S/C16H13ClFNO2/c1-2-19-13-8-5-11(9-14(13)21-16(19)20)15(17)10-3-6-12(18)7-4-10/h3-9,15H,2H2,1H3. The zero-order valence-corrected chi connectivity index (χ0v) is 12.1. The van der Waals surface area contributed by atoms with Crippen LogP contribution in [0, 0.1) is 5.82 Å². The summed E-state index contributed by atoms with van der Waals surface area (Å²) in [6.07, 6.45) is 0. The second-order valence-electron chi connectivity index (χ2n) is 4.75. The van der Waals surface area contributed by atoms with Gasteiger partial charge < -0.3 is 4.42 Å². The van der Waals surface area contributed by atoms with Crippen LogP contribution in [0.2, 0.25) is 0 Å². The van der Waals surface area contributed by atoms with Crippen LogP contribution in [0.1, 0.15) is 23.4 Å². The molecule has 0 aliphatic carbocycles. The maximum absolute atomic E-state index is 13.0. The first-order chi connectivity index (χ1) is 10.1. The number of alkyl halides is 1. The zero-order valence-electron chi connectivity index (χ0n) is 11.3. The molecule has 0 saturated heterocycles. The summed E-state index contributed by atoms with van der Waals surface area (Å²) in [6.45, 7) is 2.43. The Morgan fingerprint density at radius 1 is 1.19 bits per heavy atom. The molecule has 0 amide bonds. The van der Waals surface area contributed by atoms with Gasteiger partial charge in [0.2, 0.25) is 0 Å². The Balaban J connectivity index is 2.04. The number of aryl methyl sites for hydroxylation is 1. The molecule has 0 aliphatic rings. The van der Waals surface area contributed by atoms with Crippen molar-refractivity contribution in [3.8, 4) is 0 Å². The van der Waals surface area contributed by atoms with Gasteiger partial charge in [0, 0.05) is 6.54 Å². The molecule has 2 aromatic carbocycles. The lowest BCUT2D eigenvalue weighted by molar-refractivity contribution is 0.513. The van der Waals surface area contributed by atoms with E-state index in [9.17, 15) is 9.18 Å². The van der Waals surface area contributed by atoms with E-state index in [1.165, 1.54) is 12.1 Å². The number of hydrogen-bond acceptors (Lipinski definition) is 2. The summed E-state index contributed by atoms with van der Waals surface area (Å²) in [6, 6.07) is 11.5. The van der Waals surface area contributed by atoms with Gasteiger partial charge in [-0.3, -0.25) is 4.57 Å². The van der Waals surface area contributed by atoms with Crippen molar-refractivity contribution >= 4 is 22.7 Å². The average molecular weight is 306 g/mol. The van der Waals surface area contributed by atoms with Crippen LogP contribution in [0.5, 0.6) is 0 Å². The van der Waals surface area contributed by atoms with Crippen molar-refractivity contribution in [1.82, 2.24) is 4.57 Å². The number of hydrogen-bond donors (Lipinski definition) is 0. The van der Waals surface area contributed by atoms with Gasteiger partial charge in [0.25, 0.3) is 0 Å². The monoisotopic (exact) mass is 305 g/mol. The fraction of sp³-hybridized carbons (Fsp3) is 0.188. The number of rotatable bonds is 3. The Morgan fingerprint density at radius 3 is 2.52 bits per heavy atom. The molecule has 1 aromatic heterocycles. The summed E-state index contributed by atoms with van der Waals surface area (Å²) in [4.78, 5) is 11.7. The van der Waals surface area contributed by atoms with Gasteiger partial charge in [-0.25, -0.2) is 9.18 Å². The van der Waals surface area contributed by atoms with Crippen LogP contribution >= 0.6 is 11.6 Å². The minimum atomic E-state index is -0.426. The van der Waals surface area contributed by atoms with Crippen LogP contribution in [-0.2, 0) is 6.54 Å². The van der Waals surface area contributed by atoms with Crippen LogP contribution in [0.25, 0.3) is 11.1 Å². The lowest BCUT2D eigenvalue weighted by atomic mass is 10.0. The second kappa shape index (κ2) is 5.37. The molecule has 5 heteroatoms. The van der Waals surface area contributed by atoms with E-state index in [0.29, 0.717) is 12.1 Å². The van der Waals surface area contributed by atoms with Gasteiger partial charge in [-0.2, -0.15) is 0 Å². The van der Waals surface area contributed by atoms with Crippen LogP contribution in [0.15, 0.2) is 51.7 Å². The van der Waals surface area contributed by atoms with E-state index in [0.717, 1.165) is 16.6 Å². The van der Waals surface area contributed by atoms with Crippen molar-refractivity contribution < 1.29 is 8.81 Å². The van der Waals surface area contributed by atoms with Gasteiger partial charge in [-0.05, 0) is 42.3 Å². The predicted octanol–water partition coefficient (Wildman–Crippen LogP) is 4.08. The molecule has 0 spiro atoms. The van der Waals surface area contributed by atoms with Crippen molar-refractivity contribution in [1.29, 1.82) is 0 Å². The van der Waals surface area contributed by atoms with Crippen LogP contribution < -0.4 is 5.76 Å². The zero-order chi connectivity index (χ0) is 15.0. The number of halogens is 2. The van der Waals surface area contributed by atoms with E-state index in [1.54, 1.807) is 22.8 Å². The van der Waals surface area contributed by atoms with E-state index in [1.807, 2.05) is 19.1 Å². The van der Waals surface area contributed by atoms with E-state index in [2.05, 4.69) is 0 Å². The van der Waals surface area contributed by atoms with E-state index in [4.69, 9.17) is 16.0 Å². The molecule has 108 valence electrons. The first-order valence-corrected chi connectivity index (χ1v) is 7.06. The third-order valence-electron chi connectivity index (χ3n) is 3.46. The van der Waals surface area contributed by atoms with E-state index in [-0.39, 0.29) is 11.6 Å². The summed E-state index contributed by atoms with van der Waals surface area (Å²) < 4.78 is 19.7. The van der Waals surface area contributed by atoms with Crippen molar-refractivity contribution in [3.05, 3.63) is 70.0 Å². The quantitative estimate of drug-likeness (QED) is 0.683. The lowest BCUT2D eigenvalue weighted by Crippen LogP contribution is -2.11. The van der Waals surface area contributed by atoms with Gasteiger partial charge in [0.15, 0.2) is 5.58 Å². The van der Waals surface area contributed by atoms with Crippen molar-refractivity contribution in [3.63, 3.8) is 0 Å². The summed E-state index contributed by atoms with van der Waals surface area (Å²) in [7, 11) is 0. The molecule has 1 unspecified atom stereocenters. The maximum atomic E-state index is 13.0. The Morgan fingerprint density at radius 2 is 1.86 bits per heavy atom. The Labute approximate surface area is 125 Å². The van der Waals surface area contributed by atoms with Crippen LogP contribution in [-0.4, -0.2) is 4.57 Å². The van der Waals surface area contributed by atoms with Crippen molar-refractivity contribution in [2.24, 2.45) is 0 Å². The molecule has 3 nitrogen and oxygen atoms in total. The molecular formula is C16H13ClFNO2. The Hall–Kier alpha value is -2.07. The summed E-state index contributed by atoms with van der Waals surface area (Å²) in [5, 5.41) is -0.426. The molecule has 0 saturated carbocycles. The molecule has 0 bridgehead atoms. The SMILES string of the molecule is CCn1c(=O)oc2cc(C(Cl)c3ccc(F)cc3)ccc21. The molecule has 21 heavy (non-hydrogen) atoms. The highest BCUT2D eigenvalue weighted by Crippen LogP contribution is 2.30. The van der Waals surface area contributed by atoms with Crippen molar-refractivity contribution in [2.45, 2.75) is 18.8 Å². The highest BCUT2D eigenvalue weighted by atomic mass is 35.5. The van der Waals surface area contributed by atoms with Gasteiger partial charge >= 0.3 is 5.76 Å². The van der Waals surface area contributed by atoms with Crippen LogP contribution in [0.3, 0.4) is 0 Å². The molecule has 0 radical (unpaired) electrons. The highest BCUT2D eigenvalue weighted by molar-refractivity contribution is 6.22. The predicted molar refractivity (Wildman–Crippen MR) is 80.2 cm³/mol. The minimum Gasteiger partial charge on any atom is -0.408 e. The topological polar surface area (TPSA) is 35.1 Å². The molecule has 3 rings (SSSR count). The van der Waals surface area contributed by atoms with E-state index >= 15 is 0 Å². The maximum Gasteiger partial charge on any atom is 0.419 e. The number of nitrogens with zero attached hydrogens (tertiary/aromatic N) is 1. The molecule has 3 aromatic rings. The Kier molecular flexibility index (Phi) is 3.55. The summed E-state index contributed by atoms with van der Waals surface area (Å²) in [5.41, 5.74) is 2.84. The second-order valence-corrected chi connectivity index (χ2v) is 5.19. The van der Waals surface area contributed by atoms with E-state index < -0.39 is 5.38 Å². The van der Waals surface area contributed by atoms with Crippen molar-refractivity contribution in [2.75, 3.05) is 0 Å². The molecular weight excluding hydrogens is 293 g/mol. The fourth-order valence-electron chi connectivity index (χ4n) is 2.36. The Bertz CT molecular complexity index is 836. The molecule has 0 aliphatic heterocycles. The van der Waals surface area contributed by atoms with Gasteiger partial charge in [-0.1, -0.05) is 18.2 Å². The molecule has 0 fully saturated rings. The van der Waals surface area contributed by atoms with Crippen LogP contribution in [0.4, 0.5) is 4.39 Å². The first kappa shape index (κ1) is 13.9. The molecule has 1 atom stereocenters. The number of oxazole rings is 1. The summed E-state index contributed by atoms with van der Waals surface area (Å²) in [5.74, 6) is -0.679. The average Bonchev–Trinajstić information content (AvgIpc) is 2.81. The normalized spacial score (nSPS) is 12.7. The lowest BCUT2D eigenvalue weighted by Gasteiger charge is -2.10. The number of aromatic nitrogens is 1. The smallest absolute Gasteiger partial charge is 0.408 e. The number of benzene rings is 2. The fourth-order valence-corrected chi connectivity index (χ4v) is 2.65. The third-order valence-corrected chi connectivity index (χ3v) is 3.97. The molecule has 1 heterocycles. The first-order valence-electron chi connectivity index (χ1n) is 6.63. The largest absolute Gasteiger partial charge is 0.419 e. The van der Waals surface area contributed by atoms with Gasteiger partial charge in [0.1, 0.15) is 5.82 Å². The van der Waals surface area contributed by atoms with Gasteiger partial charge in [-0.15, -0.1) is 11.6 Å². The molecule has 0 N–H and O–H groups in total. The summed E-state index contributed by atoms with van der Waals surface area (Å²) >= 11 is 6.42. The van der Waals surface area contributed by atoms with Gasteiger partial charge in [0.05, 0.1) is 10.9 Å². The minimum absolute atomic E-state index is 0.302. The third kappa shape index (κ3) is 2.47. The highest BCUT2D eigenvalue weighted by Gasteiger charge is 2.14. The number of fused-ring (bicyclic) bond motifs is 1.